The third kappa shape index (κ3) is 3.01. The molecule has 0 radical (unpaired) electrons. The first-order valence-corrected chi connectivity index (χ1v) is 8.56. The smallest absolute Gasteiger partial charge is 0.249 e. The van der Waals surface area contributed by atoms with Crippen molar-refractivity contribution in [2.24, 2.45) is 0 Å². The number of piperidine rings is 1. The Morgan fingerprint density at radius 3 is 2.96 bits per heavy atom. The van der Waals surface area contributed by atoms with Crippen LogP contribution in [-0.2, 0) is 21.5 Å². The first-order chi connectivity index (χ1) is 11.2. The summed E-state index contributed by atoms with van der Waals surface area (Å²) in [6, 6.07) is 5.71. The minimum Gasteiger partial charge on any atom is -0.357 e. The van der Waals surface area contributed by atoms with Gasteiger partial charge in [0.1, 0.15) is 0 Å². The summed E-state index contributed by atoms with van der Waals surface area (Å²) < 4.78 is 1.69. The highest BCUT2D eigenvalue weighted by Crippen LogP contribution is 2.29. The Labute approximate surface area is 139 Å². The Morgan fingerprint density at radius 1 is 1.43 bits per heavy atom. The van der Waals surface area contributed by atoms with Gasteiger partial charge in [-0.05, 0) is 30.4 Å². The number of hydrogen-bond acceptors (Lipinski definition) is 4. The van der Waals surface area contributed by atoms with Crippen LogP contribution in [0, 0.1) is 0 Å². The number of thiophene rings is 1. The number of nitrogens with one attached hydrogen (secondary N) is 1. The summed E-state index contributed by atoms with van der Waals surface area (Å²) in [5.41, 5.74) is -0.818. The highest BCUT2D eigenvalue weighted by molar-refractivity contribution is 7.10. The largest absolute Gasteiger partial charge is 0.357 e. The lowest BCUT2D eigenvalue weighted by Gasteiger charge is -2.41. The fraction of sp³-hybridized carbons (Fsp3) is 0.438. The predicted molar refractivity (Wildman–Crippen MR) is 88.1 cm³/mol. The molecule has 0 aliphatic carbocycles. The number of likely N-dealkylation sites (N-methyl/N-ethyl adjacent to an activating group) is 1. The van der Waals surface area contributed by atoms with Crippen molar-refractivity contribution in [2.45, 2.75) is 24.8 Å². The molecule has 0 aromatic carbocycles. The van der Waals surface area contributed by atoms with Gasteiger partial charge in [0.2, 0.25) is 11.8 Å². The molecule has 2 aromatic heterocycles. The lowest BCUT2D eigenvalue weighted by molar-refractivity contribution is -0.140. The zero-order valence-electron chi connectivity index (χ0n) is 13.1. The molecule has 1 atom stereocenters. The van der Waals surface area contributed by atoms with Crippen LogP contribution in [0.5, 0.6) is 0 Å². The first-order valence-electron chi connectivity index (χ1n) is 7.68. The normalized spacial score (nSPS) is 21.2. The number of carbonyl (C=O) groups is 2. The first kappa shape index (κ1) is 15.7. The highest BCUT2D eigenvalue weighted by Gasteiger charge is 2.45. The van der Waals surface area contributed by atoms with Gasteiger partial charge >= 0.3 is 0 Å². The maximum atomic E-state index is 12.6. The van der Waals surface area contributed by atoms with E-state index in [4.69, 9.17) is 0 Å². The molecule has 1 N–H and O–H groups in total. The Hall–Kier alpha value is -2.15. The second-order valence-corrected chi connectivity index (χ2v) is 6.77. The molecule has 1 aliphatic heterocycles. The number of amides is 2. The van der Waals surface area contributed by atoms with E-state index in [0.29, 0.717) is 25.9 Å². The number of carbonyl (C=O) groups excluding carboxylic acids is 2. The van der Waals surface area contributed by atoms with Gasteiger partial charge in [0.25, 0.3) is 0 Å². The summed E-state index contributed by atoms with van der Waals surface area (Å²) in [4.78, 5) is 28.0. The standard InChI is InChI=1S/C16H20N4O2S/c1-17-15(22)16(20-9-4-7-18-20)6-3-8-19(12-16)14(21)11-13-5-2-10-23-13/h2,4-5,7,9-10H,3,6,8,11-12H2,1H3,(H,17,22). The zero-order chi connectivity index (χ0) is 16.3. The van der Waals surface area contributed by atoms with E-state index in [0.717, 1.165) is 11.3 Å². The topological polar surface area (TPSA) is 67.2 Å². The molecule has 2 aromatic rings. The van der Waals surface area contributed by atoms with E-state index in [-0.39, 0.29) is 11.8 Å². The molecule has 6 nitrogen and oxygen atoms in total. The maximum absolute atomic E-state index is 12.6. The van der Waals surface area contributed by atoms with Crippen LogP contribution >= 0.6 is 11.3 Å². The summed E-state index contributed by atoms with van der Waals surface area (Å²) in [6.07, 6.45) is 5.31. The second-order valence-electron chi connectivity index (χ2n) is 5.74. The van der Waals surface area contributed by atoms with Gasteiger partial charge in [0, 0.05) is 30.9 Å². The monoisotopic (exact) mass is 332 g/mol. The van der Waals surface area contributed by atoms with Gasteiger partial charge in [-0.3, -0.25) is 14.3 Å². The molecule has 2 amide bonds. The van der Waals surface area contributed by atoms with Gasteiger partial charge in [-0.25, -0.2) is 0 Å². The molecule has 0 spiro atoms. The van der Waals surface area contributed by atoms with Gasteiger partial charge < -0.3 is 10.2 Å². The summed E-state index contributed by atoms with van der Waals surface area (Å²) in [6.45, 7) is 1.04. The van der Waals surface area contributed by atoms with Crippen molar-refractivity contribution < 1.29 is 9.59 Å². The molecule has 3 rings (SSSR count). The summed E-state index contributed by atoms with van der Waals surface area (Å²) in [5, 5.41) is 8.97. The Kier molecular flexibility index (Phi) is 4.47. The number of likely N-dealkylation sites (tertiary alicyclic amines) is 1. The molecule has 122 valence electrons. The molecule has 1 saturated heterocycles. The van der Waals surface area contributed by atoms with Crippen LogP contribution in [-0.4, -0.2) is 46.6 Å². The lowest BCUT2D eigenvalue weighted by Crippen LogP contribution is -2.59. The number of aromatic nitrogens is 2. The number of hydrogen-bond donors (Lipinski definition) is 1. The minimum absolute atomic E-state index is 0.0626. The molecular weight excluding hydrogens is 312 g/mol. The van der Waals surface area contributed by atoms with Crippen LogP contribution in [0.25, 0.3) is 0 Å². The van der Waals surface area contributed by atoms with Crippen LogP contribution in [0.2, 0.25) is 0 Å². The number of rotatable bonds is 4. The van der Waals surface area contributed by atoms with Gasteiger partial charge in [0.05, 0.1) is 13.0 Å². The fourth-order valence-electron chi connectivity index (χ4n) is 3.15. The van der Waals surface area contributed by atoms with Gasteiger partial charge in [-0.1, -0.05) is 6.07 Å². The highest BCUT2D eigenvalue weighted by atomic mass is 32.1. The Morgan fingerprint density at radius 2 is 2.30 bits per heavy atom. The third-order valence-electron chi connectivity index (χ3n) is 4.32. The summed E-state index contributed by atoms with van der Waals surface area (Å²) in [5.74, 6) is -0.0394. The second kappa shape index (κ2) is 6.54. The van der Waals surface area contributed by atoms with Crippen LogP contribution in [0.1, 0.15) is 17.7 Å². The average Bonchev–Trinajstić information content (AvgIpc) is 3.27. The molecule has 7 heteroatoms. The predicted octanol–water partition coefficient (Wildman–Crippen LogP) is 1.25. The van der Waals surface area contributed by atoms with E-state index in [2.05, 4.69) is 10.4 Å². The zero-order valence-corrected chi connectivity index (χ0v) is 13.9. The van der Waals surface area contributed by atoms with Crippen molar-refractivity contribution in [2.75, 3.05) is 20.1 Å². The molecule has 3 heterocycles. The third-order valence-corrected chi connectivity index (χ3v) is 5.20. The van der Waals surface area contributed by atoms with E-state index < -0.39 is 5.54 Å². The summed E-state index contributed by atoms with van der Waals surface area (Å²) >= 11 is 1.58. The van der Waals surface area contributed by atoms with Crippen LogP contribution < -0.4 is 5.32 Å². The molecular formula is C16H20N4O2S. The average molecular weight is 332 g/mol. The van der Waals surface area contributed by atoms with Crippen molar-refractivity contribution in [1.82, 2.24) is 20.0 Å². The SMILES string of the molecule is CNC(=O)C1(n2cccn2)CCCN(C(=O)Cc2cccs2)C1. The maximum Gasteiger partial charge on any atom is 0.249 e. The molecule has 0 bridgehead atoms. The van der Waals surface area contributed by atoms with Crippen LogP contribution in [0.15, 0.2) is 36.0 Å². The van der Waals surface area contributed by atoms with Gasteiger partial charge in [-0.2, -0.15) is 5.10 Å². The van der Waals surface area contributed by atoms with Crippen LogP contribution in [0.4, 0.5) is 0 Å². The molecule has 0 saturated carbocycles. The minimum atomic E-state index is -0.818. The van der Waals surface area contributed by atoms with Crippen LogP contribution in [0.3, 0.4) is 0 Å². The Bertz CT molecular complexity index is 668. The molecule has 23 heavy (non-hydrogen) atoms. The van der Waals surface area contributed by atoms with E-state index in [1.807, 2.05) is 17.5 Å². The lowest BCUT2D eigenvalue weighted by atomic mass is 9.87. The van der Waals surface area contributed by atoms with Crippen molar-refractivity contribution >= 4 is 23.2 Å². The quantitative estimate of drug-likeness (QED) is 0.916. The van der Waals surface area contributed by atoms with Crippen molar-refractivity contribution in [1.29, 1.82) is 0 Å². The van der Waals surface area contributed by atoms with Crippen molar-refractivity contribution in [3.8, 4) is 0 Å². The Balaban J connectivity index is 1.82. The van der Waals surface area contributed by atoms with E-state index >= 15 is 0 Å². The van der Waals surface area contributed by atoms with Crippen molar-refractivity contribution in [3.63, 3.8) is 0 Å². The van der Waals surface area contributed by atoms with Gasteiger partial charge in [0.15, 0.2) is 5.54 Å². The summed E-state index contributed by atoms with van der Waals surface area (Å²) in [7, 11) is 1.62. The fourth-order valence-corrected chi connectivity index (χ4v) is 3.85. The van der Waals surface area contributed by atoms with E-state index in [1.165, 1.54) is 0 Å². The number of nitrogens with zero attached hydrogens (tertiary/aromatic N) is 3. The molecule has 1 fully saturated rings. The molecule has 1 aliphatic rings. The molecule has 1 unspecified atom stereocenters. The van der Waals surface area contributed by atoms with Crippen molar-refractivity contribution in [3.05, 3.63) is 40.8 Å². The van der Waals surface area contributed by atoms with Gasteiger partial charge in [-0.15, -0.1) is 11.3 Å². The van der Waals surface area contributed by atoms with E-state index in [9.17, 15) is 9.59 Å². The van der Waals surface area contributed by atoms with E-state index in [1.54, 1.807) is 46.4 Å².